The van der Waals surface area contributed by atoms with Gasteiger partial charge in [0.15, 0.2) is 0 Å². The van der Waals surface area contributed by atoms with E-state index in [1.807, 2.05) is 27.1 Å². The molecule has 160 valence electrons. The third-order valence-electron chi connectivity index (χ3n) is 5.24. The normalized spacial score (nSPS) is 20.4. The lowest BCUT2D eigenvalue weighted by Crippen LogP contribution is -2.38. The summed E-state index contributed by atoms with van der Waals surface area (Å²) in [7, 11) is 1.82. The van der Waals surface area contributed by atoms with E-state index in [0.717, 1.165) is 17.7 Å². The predicted octanol–water partition coefficient (Wildman–Crippen LogP) is 3.68. The van der Waals surface area contributed by atoms with E-state index in [0.29, 0.717) is 18.7 Å². The monoisotopic (exact) mass is 430 g/mol. The maximum absolute atomic E-state index is 13.1. The van der Waals surface area contributed by atoms with Crippen LogP contribution >= 0.6 is 12.4 Å². The average molecular weight is 431 g/mol. The van der Waals surface area contributed by atoms with Crippen LogP contribution < -0.4 is 10.6 Å². The SMILES string of the molecule is CC(C)C(NC(=O)[C@H]1CNC[C@@H]1c1cnn(C)c1)c1cccc(C(F)(F)F)c1.Cl. The molecule has 2 heterocycles. The van der Waals surface area contributed by atoms with Crippen molar-refractivity contribution in [2.24, 2.45) is 18.9 Å². The highest BCUT2D eigenvalue weighted by Crippen LogP contribution is 2.33. The second-order valence-electron chi connectivity index (χ2n) is 7.67. The molecule has 1 aliphatic rings. The molecule has 2 N–H and O–H groups in total. The Bertz CT molecular complexity index is 837. The fourth-order valence-electron chi connectivity index (χ4n) is 3.74. The highest BCUT2D eigenvalue weighted by Gasteiger charge is 2.36. The Morgan fingerprint density at radius 1 is 1.31 bits per heavy atom. The van der Waals surface area contributed by atoms with Crippen LogP contribution in [0.2, 0.25) is 0 Å². The number of halogens is 4. The van der Waals surface area contributed by atoms with Crippen LogP contribution in [0.5, 0.6) is 0 Å². The average Bonchev–Trinajstić information content (AvgIpc) is 3.27. The van der Waals surface area contributed by atoms with Crippen molar-refractivity contribution in [3.8, 4) is 0 Å². The van der Waals surface area contributed by atoms with Crippen molar-refractivity contribution in [2.75, 3.05) is 13.1 Å². The fraction of sp³-hybridized carbons (Fsp3) is 0.500. The molecule has 1 aliphatic heterocycles. The molecule has 0 saturated carbocycles. The minimum absolute atomic E-state index is 0. The highest BCUT2D eigenvalue weighted by atomic mass is 35.5. The van der Waals surface area contributed by atoms with Gasteiger partial charge >= 0.3 is 6.18 Å². The van der Waals surface area contributed by atoms with Crippen LogP contribution in [0.1, 0.15) is 42.5 Å². The number of carbonyl (C=O) groups excluding carboxylic acids is 1. The Labute approximate surface area is 174 Å². The van der Waals surface area contributed by atoms with E-state index in [4.69, 9.17) is 0 Å². The summed E-state index contributed by atoms with van der Waals surface area (Å²) < 4.78 is 40.9. The number of nitrogens with one attached hydrogen (secondary N) is 2. The lowest BCUT2D eigenvalue weighted by molar-refractivity contribution is -0.137. The Morgan fingerprint density at radius 3 is 2.62 bits per heavy atom. The van der Waals surface area contributed by atoms with Crippen LogP contribution in [0, 0.1) is 11.8 Å². The largest absolute Gasteiger partial charge is 0.416 e. The van der Waals surface area contributed by atoms with Crippen LogP contribution in [0.25, 0.3) is 0 Å². The Balaban J connectivity index is 0.00000300. The number of rotatable bonds is 5. The summed E-state index contributed by atoms with van der Waals surface area (Å²) in [5.74, 6) is -0.520. The summed E-state index contributed by atoms with van der Waals surface area (Å²) in [6.07, 6.45) is -0.766. The minimum atomic E-state index is -4.41. The van der Waals surface area contributed by atoms with Crippen molar-refractivity contribution in [2.45, 2.75) is 32.0 Å². The van der Waals surface area contributed by atoms with Gasteiger partial charge in [-0.2, -0.15) is 18.3 Å². The quantitative estimate of drug-likeness (QED) is 0.760. The zero-order valence-electron chi connectivity index (χ0n) is 16.5. The van der Waals surface area contributed by atoms with E-state index >= 15 is 0 Å². The van der Waals surface area contributed by atoms with Crippen molar-refractivity contribution in [1.29, 1.82) is 0 Å². The molecular formula is C20H26ClF3N4O. The van der Waals surface area contributed by atoms with Crippen molar-refractivity contribution < 1.29 is 18.0 Å². The molecule has 1 aromatic heterocycles. The van der Waals surface area contributed by atoms with Gasteiger partial charge in [0.2, 0.25) is 5.91 Å². The summed E-state index contributed by atoms with van der Waals surface area (Å²) in [5, 5.41) is 10.4. The molecule has 1 fully saturated rings. The molecule has 1 amide bonds. The molecular weight excluding hydrogens is 405 g/mol. The summed E-state index contributed by atoms with van der Waals surface area (Å²) in [6.45, 7) is 4.96. The number of aryl methyl sites for hydroxylation is 1. The first-order valence-electron chi connectivity index (χ1n) is 9.33. The van der Waals surface area contributed by atoms with Crippen molar-refractivity contribution in [3.05, 3.63) is 53.3 Å². The van der Waals surface area contributed by atoms with Crippen LogP contribution in [-0.4, -0.2) is 28.8 Å². The number of aromatic nitrogens is 2. The van der Waals surface area contributed by atoms with Crippen LogP contribution in [0.15, 0.2) is 36.7 Å². The minimum Gasteiger partial charge on any atom is -0.349 e. The van der Waals surface area contributed by atoms with Gasteiger partial charge in [0, 0.05) is 32.3 Å². The number of nitrogens with zero attached hydrogens (tertiary/aromatic N) is 2. The van der Waals surface area contributed by atoms with Gasteiger partial charge < -0.3 is 10.6 Å². The van der Waals surface area contributed by atoms with Gasteiger partial charge in [0.05, 0.1) is 23.7 Å². The second-order valence-corrected chi connectivity index (χ2v) is 7.67. The van der Waals surface area contributed by atoms with Gasteiger partial charge in [0.25, 0.3) is 0 Å². The molecule has 1 saturated heterocycles. The Kier molecular flexibility index (Phi) is 7.35. The zero-order valence-corrected chi connectivity index (χ0v) is 17.3. The molecule has 1 unspecified atom stereocenters. The molecule has 29 heavy (non-hydrogen) atoms. The molecule has 5 nitrogen and oxygen atoms in total. The van der Waals surface area contributed by atoms with Gasteiger partial charge in [0.1, 0.15) is 0 Å². The van der Waals surface area contributed by atoms with Gasteiger partial charge in [-0.05, 0) is 29.2 Å². The first-order chi connectivity index (χ1) is 13.2. The summed E-state index contributed by atoms with van der Waals surface area (Å²) in [6, 6.07) is 4.68. The summed E-state index contributed by atoms with van der Waals surface area (Å²) in [5.41, 5.74) is 0.732. The van der Waals surface area contributed by atoms with Gasteiger partial charge in [-0.3, -0.25) is 9.48 Å². The van der Waals surface area contributed by atoms with Crippen LogP contribution in [-0.2, 0) is 18.0 Å². The second kappa shape index (κ2) is 9.17. The third kappa shape index (κ3) is 5.30. The number of hydrogen-bond acceptors (Lipinski definition) is 3. The molecule has 3 atom stereocenters. The number of carbonyl (C=O) groups is 1. The van der Waals surface area contributed by atoms with E-state index in [9.17, 15) is 18.0 Å². The van der Waals surface area contributed by atoms with Crippen molar-refractivity contribution in [3.63, 3.8) is 0 Å². The molecule has 1 aromatic carbocycles. The summed E-state index contributed by atoms with van der Waals surface area (Å²) in [4.78, 5) is 13.0. The van der Waals surface area contributed by atoms with Gasteiger partial charge in [-0.25, -0.2) is 0 Å². The molecule has 9 heteroatoms. The smallest absolute Gasteiger partial charge is 0.349 e. The van der Waals surface area contributed by atoms with E-state index in [-0.39, 0.29) is 36.1 Å². The fourth-order valence-corrected chi connectivity index (χ4v) is 3.74. The number of amides is 1. The molecule has 0 radical (unpaired) electrons. The molecule has 0 spiro atoms. The Morgan fingerprint density at radius 2 is 2.03 bits per heavy atom. The topological polar surface area (TPSA) is 59.0 Å². The molecule has 3 rings (SSSR count). The first kappa shape index (κ1) is 23.2. The maximum atomic E-state index is 13.1. The zero-order chi connectivity index (χ0) is 20.5. The lowest BCUT2D eigenvalue weighted by Gasteiger charge is -2.26. The van der Waals surface area contributed by atoms with E-state index in [2.05, 4.69) is 15.7 Å². The van der Waals surface area contributed by atoms with Gasteiger partial charge in [-0.1, -0.05) is 26.0 Å². The highest BCUT2D eigenvalue weighted by molar-refractivity contribution is 5.85. The lowest BCUT2D eigenvalue weighted by atomic mass is 9.88. The van der Waals surface area contributed by atoms with Crippen LogP contribution in [0.3, 0.4) is 0 Å². The van der Waals surface area contributed by atoms with Crippen molar-refractivity contribution in [1.82, 2.24) is 20.4 Å². The number of hydrogen-bond donors (Lipinski definition) is 2. The van der Waals surface area contributed by atoms with Crippen LogP contribution in [0.4, 0.5) is 13.2 Å². The Hall–Kier alpha value is -2.06. The van der Waals surface area contributed by atoms with Crippen molar-refractivity contribution >= 4 is 18.3 Å². The standard InChI is InChI=1S/C20H25F3N4O.ClH/c1-12(2)18(13-5-4-6-15(7-13)20(21,22)23)26-19(28)17-10-24-9-16(17)14-8-25-27(3)11-14;/h4-8,11-12,16-18,24H,9-10H2,1-3H3,(H,26,28);1H/t16-,17+,18?;/m1./s1. The van der Waals surface area contributed by atoms with E-state index < -0.39 is 17.8 Å². The molecule has 0 aliphatic carbocycles. The summed E-state index contributed by atoms with van der Waals surface area (Å²) >= 11 is 0. The first-order valence-corrected chi connectivity index (χ1v) is 9.33. The predicted molar refractivity (Wildman–Crippen MR) is 107 cm³/mol. The third-order valence-corrected chi connectivity index (χ3v) is 5.24. The van der Waals surface area contributed by atoms with Gasteiger partial charge in [-0.15, -0.1) is 12.4 Å². The molecule has 0 bridgehead atoms. The number of benzene rings is 1. The number of alkyl halides is 3. The maximum Gasteiger partial charge on any atom is 0.416 e. The van der Waals surface area contributed by atoms with E-state index in [1.165, 1.54) is 6.07 Å². The van der Waals surface area contributed by atoms with E-state index in [1.54, 1.807) is 16.9 Å². The molecule has 2 aromatic rings.